The van der Waals surface area contributed by atoms with Gasteiger partial charge in [-0.3, -0.25) is 24.0 Å². The Hall–Kier alpha value is -5.39. The van der Waals surface area contributed by atoms with Gasteiger partial charge < -0.3 is 50.5 Å². The number of fused-ring (bicyclic) bond motifs is 2. The van der Waals surface area contributed by atoms with E-state index in [1.807, 2.05) is 18.7 Å². The summed E-state index contributed by atoms with van der Waals surface area (Å²) < 4.78 is 41.2. The number of likely N-dealkylation sites (N-methyl/N-ethyl adjacent to an activating group) is 2. The number of carbonyl (C=O) groups is 5. The summed E-state index contributed by atoms with van der Waals surface area (Å²) in [6, 6.07) is 5.47. The number of rotatable bonds is 18. The summed E-state index contributed by atoms with van der Waals surface area (Å²) in [6.45, 7) is 9.36. The number of ether oxygens (including phenoxy) is 2. The van der Waals surface area contributed by atoms with Gasteiger partial charge in [0.25, 0.3) is 0 Å². The molecule has 8 atom stereocenters. The van der Waals surface area contributed by atoms with Crippen molar-refractivity contribution in [2.24, 2.45) is 5.92 Å². The Morgan fingerprint density at radius 2 is 1.21 bits per heavy atom. The highest BCUT2D eigenvalue weighted by Gasteiger charge is 2.42. The van der Waals surface area contributed by atoms with Crippen molar-refractivity contribution in [2.45, 2.75) is 115 Å². The monoisotopic (exact) mass is 876 g/mol. The first-order valence-corrected chi connectivity index (χ1v) is 21.9. The summed E-state index contributed by atoms with van der Waals surface area (Å²) in [4.78, 5) is 77.3. The molecule has 0 radical (unpaired) electrons. The summed E-state index contributed by atoms with van der Waals surface area (Å²) in [5, 5.41) is 13.0. The van der Waals surface area contributed by atoms with Gasteiger partial charge in [-0.1, -0.05) is 13.8 Å². The van der Waals surface area contributed by atoms with E-state index in [1.165, 1.54) is 31.2 Å². The average molecular weight is 877 g/mol. The molecule has 6 rings (SSSR count). The first-order chi connectivity index (χ1) is 30.1. The molecule has 0 bridgehead atoms. The maximum atomic E-state index is 15.0. The van der Waals surface area contributed by atoms with E-state index in [1.54, 1.807) is 52.1 Å². The molecule has 0 saturated carbocycles. The molecule has 6 N–H and O–H groups in total. The SMILES string of the molecule is CC[C@H](NC(=O)[C@H](C)NC)C(=O)N1C[C@@H](COC)C[C@H]1Cc1c(-c2[nH]c3cc(F)ccc3c2C[C@@H]2C[C@H](OC(C)=O)CN2C(=O)[C@H](CC)NC(=O)[C@H](C)NC)[nH]c2cc(F)ccc12. The maximum absolute atomic E-state index is 15.0. The fourth-order valence-electron chi connectivity index (χ4n) is 9.20. The number of halogens is 2. The number of nitrogens with zero attached hydrogens (tertiary/aromatic N) is 2. The third kappa shape index (κ3) is 10.4. The van der Waals surface area contributed by atoms with Gasteiger partial charge in [-0.05, 0) is 108 Å². The number of aromatic amines is 2. The molecule has 0 unspecified atom stereocenters. The van der Waals surface area contributed by atoms with Crippen LogP contribution in [0.4, 0.5) is 8.78 Å². The topological polar surface area (TPSA) is 190 Å². The summed E-state index contributed by atoms with van der Waals surface area (Å²) in [6.07, 6.45) is 1.60. The van der Waals surface area contributed by atoms with Crippen LogP contribution in [0.3, 0.4) is 0 Å². The van der Waals surface area contributed by atoms with E-state index < -0.39 is 53.9 Å². The molecule has 17 heteroatoms. The minimum Gasteiger partial charge on any atom is -0.461 e. The van der Waals surface area contributed by atoms with Gasteiger partial charge in [-0.2, -0.15) is 0 Å². The third-order valence-corrected chi connectivity index (χ3v) is 12.7. The number of aromatic nitrogens is 2. The van der Waals surface area contributed by atoms with Crippen LogP contribution < -0.4 is 21.3 Å². The first kappa shape index (κ1) is 47.1. The van der Waals surface area contributed by atoms with Crippen molar-refractivity contribution in [2.75, 3.05) is 40.9 Å². The second-order valence-electron chi connectivity index (χ2n) is 17.0. The molecule has 0 spiro atoms. The predicted octanol–water partition coefficient (Wildman–Crippen LogP) is 4.08. The summed E-state index contributed by atoms with van der Waals surface area (Å²) in [7, 11) is 4.96. The van der Waals surface area contributed by atoms with Gasteiger partial charge in [0.05, 0.1) is 36.6 Å². The smallest absolute Gasteiger partial charge is 0.302 e. The Morgan fingerprint density at radius 1 is 0.746 bits per heavy atom. The number of amides is 4. The molecule has 2 aliphatic rings. The van der Waals surface area contributed by atoms with Gasteiger partial charge in [0.1, 0.15) is 29.8 Å². The number of carbonyl (C=O) groups excluding carboxylic acids is 5. The third-order valence-electron chi connectivity index (χ3n) is 12.7. The largest absolute Gasteiger partial charge is 0.461 e. The van der Waals surface area contributed by atoms with Crippen LogP contribution in [-0.4, -0.2) is 133 Å². The Balaban J connectivity index is 1.44. The van der Waals surface area contributed by atoms with Crippen molar-refractivity contribution in [3.8, 4) is 11.4 Å². The molecule has 15 nitrogen and oxygen atoms in total. The van der Waals surface area contributed by atoms with Crippen molar-refractivity contribution < 1.29 is 42.2 Å². The Labute approximate surface area is 366 Å². The van der Waals surface area contributed by atoms with Crippen LogP contribution in [0.1, 0.15) is 71.4 Å². The standard InChI is InChI=1S/C46H62F2N8O7/c1-9-37(53-43(58)24(3)49-6)45(60)55-21-27(23-62-8)15-30(55)19-35-33-13-11-28(47)16-39(33)51-41(35)42-36(34-14-12-29(48)17-40(34)52-42)20-31-18-32(63-26(5)57)22-56(31)46(61)38(10-2)54-44(59)25(4)50-7/h11-14,16-17,24-25,27,30-32,37-38,49-52H,9-10,15,18-23H2,1-8H3,(H,53,58)(H,54,59)/t24-,25-,27-,30-,31-,32-,37-,38-/m0/s1. The van der Waals surface area contributed by atoms with Crippen molar-refractivity contribution >= 4 is 51.4 Å². The zero-order chi connectivity index (χ0) is 45.7. The second-order valence-corrected chi connectivity index (χ2v) is 17.0. The average Bonchev–Trinajstić information content (AvgIpc) is 4.03. The predicted molar refractivity (Wildman–Crippen MR) is 236 cm³/mol. The van der Waals surface area contributed by atoms with E-state index >= 15 is 0 Å². The van der Waals surface area contributed by atoms with Crippen LogP contribution in [0, 0.1) is 17.6 Å². The number of nitrogens with one attached hydrogen (secondary N) is 6. The van der Waals surface area contributed by atoms with Gasteiger partial charge in [-0.15, -0.1) is 0 Å². The Kier molecular flexibility index (Phi) is 15.3. The highest BCUT2D eigenvalue weighted by molar-refractivity contribution is 5.97. The molecule has 0 aliphatic carbocycles. The van der Waals surface area contributed by atoms with Gasteiger partial charge in [0, 0.05) is 66.8 Å². The summed E-state index contributed by atoms with van der Waals surface area (Å²) in [5.41, 5.74) is 3.76. The Morgan fingerprint density at radius 3 is 1.63 bits per heavy atom. The molecule has 2 aromatic carbocycles. The lowest BCUT2D eigenvalue weighted by Gasteiger charge is -2.30. The van der Waals surface area contributed by atoms with E-state index in [2.05, 4.69) is 31.2 Å². The summed E-state index contributed by atoms with van der Waals surface area (Å²) in [5.74, 6) is -2.52. The van der Waals surface area contributed by atoms with Crippen LogP contribution in [0.25, 0.3) is 33.2 Å². The van der Waals surface area contributed by atoms with E-state index in [0.717, 1.165) is 16.5 Å². The quantitative estimate of drug-likeness (QED) is 0.0801. The van der Waals surface area contributed by atoms with Crippen molar-refractivity contribution in [1.82, 2.24) is 41.0 Å². The highest BCUT2D eigenvalue weighted by Crippen LogP contribution is 2.40. The van der Waals surface area contributed by atoms with Crippen molar-refractivity contribution in [3.05, 3.63) is 59.2 Å². The molecule has 4 aromatic rings. The zero-order valence-corrected chi connectivity index (χ0v) is 37.5. The number of esters is 1. The van der Waals surface area contributed by atoms with Crippen molar-refractivity contribution in [3.63, 3.8) is 0 Å². The minimum atomic E-state index is -0.843. The fraction of sp³-hybridized carbons (Fsp3) is 0.543. The Bertz CT molecular complexity index is 2310. The number of likely N-dealkylation sites (tertiary alicyclic amines) is 2. The molecule has 2 aromatic heterocycles. The number of H-pyrrole nitrogens is 2. The van der Waals surface area contributed by atoms with E-state index in [0.29, 0.717) is 73.1 Å². The van der Waals surface area contributed by atoms with Crippen molar-refractivity contribution in [1.29, 1.82) is 0 Å². The van der Waals surface area contributed by atoms with Crippen LogP contribution in [0.2, 0.25) is 0 Å². The molecule has 4 amide bonds. The molecule has 63 heavy (non-hydrogen) atoms. The fourth-order valence-corrected chi connectivity index (χ4v) is 9.20. The maximum Gasteiger partial charge on any atom is 0.302 e. The lowest BCUT2D eigenvalue weighted by Crippen LogP contribution is -2.53. The van der Waals surface area contributed by atoms with Gasteiger partial charge in [0.2, 0.25) is 23.6 Å². The molecule has 4 heterocycles. The van der Waals surface area contributed by atoms with Gasteiger partial charge >= 0.3 is 5.97 Å². The van der Waals surface area contributed by atoms with E-state index in [4.69, 9.17) is 9.47 Å². The molecular weight excluding hydrogens is 815 g/mol. The lowest BCUT2D eigenvalue weighted by atomic mass is 9.94. The zero-order valence-electron chi connectivity index (χ0n) is 37.5. The molecular formula is C46H62F2N8O7. The van der Waals surface area contributed by atoms with Gasteiger partial charge in [0.15, 0.2) is 0 Å². The first-order valence-electron chi connectivity index (χ1n) is 21.9. The van der Waals surface area contributed by atoms with E-state index in [9.17, 15) is 32.8 Å². The van der Waals surface area contributed by atoms with Crippen LogP contribution in [-0.2, 0) is 46.3 Å². The normalized spacial score (nSPS) is 20.8. The summed E-state index contributed by atoms with van der Waals surface area (Å²) >= 11 is 0. The van der Waals surface area contributed by atoms with Crippen LogP contribution >= 0.6 is 0 Å². The van der Waals surface area contributed by atoms with Crippen LogP contribution in [0.5, 0.6) is 0 Å². The molecule has 2 aliphatic heterocycles. The second kappa shape index (κ2) is 20.4. The number of hydrogen-bond acceptors (Lipinski definition) is 9. The highest BCUT2D eigenvalue weighted by atomic mass is 19.1. The molecule has 2 fully saturated rings. The number of methoxy groups -OCH3 is 1. The number of benzene rings is 2. The van der Waals surface area contributed by atoms with Gasteiger partial charge in [-0.25, -0.2) is 8.78 Å². The lowest BCUT2D eigenvalue weighted by molar-refractivity contribution is -0.146. The molecule has 2 saturated heterocycles. The minimum absolute atomic E-state index is 0.0142. The molecule has 342 valence electrons. The van der Waals surface area contributed by atoms with Crippen LogP contribution in [0.15, 0.2) is 36.4 Å². The van der Waals surface area contributed by atoms with E-state index in [-0.39, 0.29) is 48.6 Å². The number of hydrogen-bond donors (Lipinski definition) is 6.